The Kier molecular flexibility index (Phi) is 2.50. The van der Waals surface area contributed by atoms with E-state index >= 15 is 0 Å². The normalized spacial score (nSPS) is 10.1. The standard InChI is InChI=1S/C11H8BrNO/c12-10-6-9(7-13-11(10)14)8-4-2-1-3-5-8/h1-7H,(H,13,14). The van der Waals surface area contributed by atoms with Crippen LogP contribution in [-0.4, -0.2) is 4.98 Å². The van der Waals surface area contributed by atoms with Crippen LogP contribution >= 0.6 is 15.9 Å². The maximum absolute atomic E-state index is 11.1. The van der Waals surface area contributed by atoms with E-state index in [9.17, 15) is 4.79 Å². The maximum Gasteiger partial charge on any atom is 0.262 e. The summed E-state index contributed by atoms with van der Waals surface area (Å²) >= 11 is 3.20. The van der Waals surface area contributed by atoms with E-state index in [1.807, 2.05) is 36.4 Å². The van der Waals surface area contributed by atoms with Gasteiger partial charge in [-0.2, -0.15) is 0 Å². The molecule has 0 aliphatic heterocycles. The Hall–Kier alpha value is -1.35. The van der Waals surface area contributed by atoms with Crippen molar-refractivity contribution in [2.75, 3.05) is 0 Å². The van der Waals surface area contributed by atoms with Crippen molar-refractivity contribution in [2.45, 2.75) is 0 Å². The van der Waals surface area contributed by atoms with Crippen molar-refractivity contribution in [2.24, 2.45) is 0 Å². The highest BCUT2D eigenvalue weighted by atomic mass is 79.9. The van der Waals surface area contributed by atoms with Gasteiger partial charge in [-0.05, 0) is 33.1 Å². The first-order chi connectivity index (χ1) is 6.77. The van der Waals surface area contributed by atoms with Crippen LogP contribution in [0.15, 0.2) is 51.9 Å². The number of aromatic nitrogens is 1. The molecule has 0 spiro atoms. The number of nitrogens with one attached hydrogen (secondary N) is 1. The van der Waals surface area contributed by atoms with Crippen LogP contribution in [0.4, 0.5) is 0 Å². The third-order valence-electron chi connectivity index (χ3n) is 1.97. The molecule has 0 aliphatic rings. The van der Waals surface area contributed by atoms with E-state index in [1.54, 1.807) is 6.20 Å². The number of hydrogen-bond donors (Lipinski definition) is 1. The number of benzene rings is 1. The zero-order chi connectivity index (χ0) is 9.97. The lowest BCUT2D eigenvalue weighted by Gasteiger charge is -2.00. The van der Waals surface area contributed by atoms with Crippen molar-refractivity contribution < 1.29 is 0 Å². The van der Waals surface area contributed by atoms with Gasteiger partial charge >= 0.3 is 0 Å². The minimum atomic E-state index is -0.107. The summed E-state index contributed by atoms with van der Waals surface area (Å²) in [7, 11) is 0. The van der Waals surface area contributed by atoms with Crippen LogP contribution in [0.25, 0.3) is 11.1 Å². The lowest BCUT2D eigenvalue weighted by molar-refractivity contribution is 1.22. The zero-order valence-corrected chi connectivity index (χ0v) is 8.91. The van der Waals surface area contributed by atoms with E-state index in [0.717, 1.165) is 11.1 Å². The van der Waals surface area contributed by atoms with Crippen LogP contribution in [0, 0.1) is 0 Å². The van der Waals surface area contributed by atoms with Gasteiger partial charge in [0.15, 0.2) is 0 Å². The van der Waals surface area contributed by atoms with E-state index < -0.39 is 0 Å². The predicted molar refractivity (Wildman–Crippen MR) is 60.2 cm³/mol. The molecule has 14 heavy (non-hydrogen) atoms. The summed E-state index contributed by atoms with van der Waals surface area (Å²) in [5.74, 6) is 0. The monoisotopic (exact) mass is 249 g/mol. The minimum Gasteiger partial charge on any atom is -0.328 e. The van der Waals surface area contributed by atoms with Gasteiger partial charge in [0.05, 0.1) is 4.47 Å². The molecule has 2 aromatic rings. The molecule has 0 bridgehead atoms. The van der Waals surface area contributed by atoms with E-state index in [2.05, 4.69) is 20.9 Å². The SMILES string of the molecule is O=c1[nH]cc(-c2ccccc2)cc1Br. The molecule has 0 unspecified atom stereocenters. The first kappa shape index (κ1) is 9.21. The van der Waals surface area contributed by atoms with E-state index in [-0.39, 0.29) is 5.56 Å². The molecule has 1 aromatic heterocycles. The maximum atomic E-state index is 11.1. The van der Waals surface area contributed by atoms with Crippen molar-refractivity contribution in [1.82, 2.24) is 4.98 Å². The first-order valence-electron chi connectivity index (χ1n) is 4.21. The van der Waals surface area contributed by atoms with Crippen LogP contribution in [0.2, 0.25) is 0 Å². The Bertz CT molecular complexity index is 490. The van der Waals surface area contributed by atoms with Gasteiger partial charge in [0, 0.05) is 6.20 Å². The highest BCUT2D eigenvalue weighted by Crippen LogP contribution is 2.18. The molecule has 0 atom stereocenters. The molecule has 0 saturated heterocycles. The third-order valence-corrected chi connectivity index (χ3v) is 2.55. The van der Waals surface area contributed by atoms with Gasteiger partial charge in [0.25, 0.3) is 5.56 Å². The Balaban J connectivity index is 2.54. The quantitative estimate of drug-likeness (QED) is 0.829. The molecule has 70 valence electrons. The molecule has 1 heterocycles. The number of rotatable bonds is 1. The van der Waals surface area contributed by atoms with Gasteiger partial charge < -0.3 is 4.98 Å². The van der Waals surface area contributed by atoms with Gasteiger partial charge in [-0.1, -0.05) is 30.3 Å². The molecule has 0 amide bonds. The van der Waals surface area contributed by atoms with Crippen LogP contribution in [0.3, 0.4) is 0 Å². The predicted octanol–water partition coefficient (Wildman–Crippen LogP) is 2.80. The Labute approximate surface area is 89.7 Å². The van der Waals surface area contributed by atoms with Crippen LogP contribution in [0.5, 0.6) is 0 Å². The second-order valence-corrected chi connectivity index (χ2v) is 3.79. The molecule has 0 aliphatic carbocycles. The molecule has 1 N–H and O–H groups in total. The lowest BCUT2D eigenvalue weighted by atomic mass is 10.1. The van der Waals surface area contributed by atoms with Crippen molar-refractivity contribution in [3.8, 4) is 11.1 Å². The zero-order valence-electron chi connectivity index (χ0n) is 7.33. The molecule has 2 nitrogen and oxygen atoms in total. The van der Waals surface area contributed by atoms with E-state index in [0.29, 0.717) is 4.47 Å². The average Bonchev–Trinajstić information content (AvgIpc) is 2.23. The Morgan fingerprint density at radius 3 is 2.43 bits per heavy atom. The van der Waals surface area contributed by atoms with Crippen molar-refractivity contribution >= 4 is 15.9 Å². The number of H-pyrrole nitrogens is 1. The van der Waals surface area contributed by atoms with Crippen LogP contribution in [-0.2, 0) is 0 Å². The number of pyridine rings is 1. The fourth-order valence-electron chi connectivity index (χ4n) is 1.25. The number of aromatic amines is 1. The Morgan fingerprint density at radius 1 is 1.07 bits per heavy atom. The summed E-state index contributed by atoms with van der Waals surface area (Å²) in [6.07, 6.45) is 1.71. The summed E-state index contributed by atoms with van der Waals surface area (Å²) in [6.45, 7) is 0. The summed E-state index contributed by atoms with van der Waals surface area (Å²) < 4.78 is 0.554. The number of hydrogen-bond acceptors (Lipinski definition) is 1. The topological polar surface area (TPSA) is 32.9 Å². The molecular formula is C11H8BrNO. The van der Waals surface area contributed by atoms with E-state index in [1.165, 1.54) is 0 Å². The second kappa shape index (κ2) is 3.80. The highest BCUT2D eigenvalue weighted by molar-refractivity contribution is 9.10. The lowest BCUT2D eigenvalue weighted by Crippen LogP contribution is -2.04. The fourth-order valence-corrected chi connectivity index (χ4v) is 1.61. The number of halogens is 1. The fraction of sp³-hybridized carbons (Fsp3) is 0. The molecule has 0 radical (unpaired) electrons. The Morgan fingerprint density at radius 2 is 1.79 bits per heavy atom. The highest BCUT2D eigenvalue weighted by Gasteiger charge is 1.99. The van der Waals surface area contributed by atoms with Crippen LogP contribution in [0.1, 0.15) is 0 Å². The molecule has 3 heteroatoms. The largest absolute Gasteiger partial charge is 0.328 e. The molecule has 1 aromatic carbocycles. The summed E-state index contributed by atoms with van der Waals surface area (Å²) in [5.41, 5.74) is 1.98. The smallest absolute Gasteiger partial charge is 0.262 e. The second-order valence-electron chi connectivity index (χ2n) is 2.93. The van der Waals surface area contributed by atoms with Gasteiger partial charge in [-0.25, -0.2) is 0 Å². The van der Waals surface area contributed by atoms with Crippen molar-refractivity contribution in [3.63, 3.8) is 0 Å². The molecule has 2 rings (SSSR count). The minimum absolute atomic E-state index is 0.107. The average molecular weight is 250 g/mol. The van der Waals surface area contributed by atoms with Crippen molar-refractivity contribution in [3.05, 3.63) is 57.4 Å². The van der Waals surface area contributed by atoms with Gasteiger partial charge in [-0.15, -0.1) is 0 Å². The molecule has 0 saturated carbocycles. The van der Waals surface area contributed by atoms with Gasteiger partial charge in [0.1, 0.15) is 0 Å². The summed E-state index contributed by atoms with van der Waals surface area (Å²) in [5, 5.41) is 0. The van der Waals surface area contributed by atoms with E-state index in [4.69, 9.17) is 0 Å². The third kappa shape index (κ3) is 1.77. The van der Waals surface area contributed by atoms with Crippen molar-refractivity contribution in [1.29, 1.82) is 0 Å². The summed E-state index contributed by atoms with van der Waals surface area (Å²) in [4.78, 5) is 13.8. The van der Waals surface area contributed by atoms with Gasteiger partial charge in [-0.3, -0.25) is 4.79 Å². The summed E-state index contributed by atoms with van der Waals surface area (Å²) in [6, 6.07) is 11.7. The molecule has 0 fully saturated rings. The molecular weight excluding hydrogens is 242 g/mol. The van der Waals surface area contributed by atoms with Crippen LogP contribution < -0.4 is 5.56 Å². The van der Waals surface area contributed by atoms with Gasteiger partial charge in [0.2, 0.25) is 0 Å². The first-order valence-corrected chi connectivity index (χ1v) is 5.00.